The molecule has 94 valence electrons. The molecule has 0 spiro atoms. The maximum Gasteiger partial charge on any atom is 0.180 e. The van der Waals surface area contributed by atoms with E-state index < -0.39 is 0 Å². The molecule has 0 radical (unpaired) electrons. The van der Waals surface area contributed by atoms with E-state index in [1.165, 1.54) is 29.1 Å². The molecule has 1 saturated carbocycles. The molecule has 3 rings (SSSR count). The van der Waals surface area contributed by atoms with Gasteiger partial charge >= 0.3 is 0 Å². The number of benzene rings is 1. The van der Waals surface area contributed by atoms with Crippen molar-refractivity contribution in [1.82, 2.24) is 4.98 Å². The molecule has 18 heavy (non-hydrogen) atoms. The molecule has 0 amide bonds. The van der Waals surface area contributed by atoms with Crippen LogP contribution in [0, 0.1) is 12.7 Å². The lowest BCUT2D eigenvalue weighted by molar-refractivity contribution is 0.616. The number of rotatable bonds is 3. The Kier molecular flexibility index (Phi) is 2.82. The minimum Gasteiger partial charge on any atom is -0.375 e. The van der Waals surface area contributed by atoms with E-state index in [2.05, 4.69) is 4.98 Å². The fourth-order valence-electron chi connectivity index (χ4n) is 2.12. The highest BCUT2D eigenvalue weighted by atomic mass is 32.1. The summed E-state index contributed by atoms with van der Waals surface area (Å²) in [5, 5.41) is 0.625. The van der Waals surface area contributed by atoms with Gasteiger partial charge in [0.25, 0.3) is 0 Å². The average molecular weight is 262 g/mol. The minimum absolute atomic E-state index is 0.141. The van der Waals surface area contributed by atoms with Crippen molar-refractivity contribution in [2.75, 3.05) is 5.73 Å². The van der Waals surface area contributed by atoms with Gasteiger partial charge in [-0.3, -0.25) is 0 Å². The summed E-state index contributed by atoms with van der Waals surface area (Å²) >= 11 is 1.53. The number of halogens is 1. The van der Waals surface area contributed by atoms with Gasteiger partial charge in [0.05, 0.1) is 5.69 Å². The number of hydrogen-bond acceptors (Lipinski definition) is 3. The Labute approximate surface area is 110 Å². The number of nitrogens with zero attached hydrogens (tertiary/aromatic N) is 1. The van der Waals surface area contributed by atoms with Crippen molar-refractivity contribution in [3.8, 4) is 0 Å². The number of thiazole rings is 1. The van der Waals surface area contributed by atoms with E-state index in [-0.39, 0.29) is 5.82 Å². The third-order valence-corrected chi connectivity index (χ3v) is 4.21. The zero-order valence-corrected chi connectivity index (χ0v) is 11.1. The number of hydrogen-bond donors (Lipinski definition) is 1. The van der Waals surface area contributed by atoms with Crippen LogP contribution in [0.1, 0.15) is 40.5 Å². The van der Waals surface area contributed by atoms with Crippen LogP contribution in [0.25, 0.3) is 0 Å². The summed E-state index contributed by atoms with van der Waals surface area (Å²) in [6.07, 6.45) is 3.15. The van der Waals surface area contributed by atoms with Crippen LogP contribution in [0.5, 0.6) is 0 Å². The predicted molar refractivity (Wildman–Crippen MR) is 72.4 cm³/mol. The quantitative estimate of drug-likeness (QED) is 0.917. The van der Waals surface area contributed by atoms with Gasteiger partial charge in [-0.05, 0) is 37.0 Å². The van der Waals surface area contributed by atoms with E-state index in [0.717, 1.165) is 17.7 Å². The Morgan fingerprint density at radius 1 is 1.44 bits per heavy atom. The van der Waals surface area contributed by atoms with E-state index in [1.807, 2.05) is 12.1 Å². The SMILES string of the molecule is Cc1ccc(Cc2sc(N)nc2C2CC2)cc1F. The molecule has 1 fully saturated rings. The third kappa shape index (κ3) is 2.25. The summed E-state index contributed by atoms with van der Waals surface area (Å²) in [5.74, 6) is 0.446. The van der Waals surface area contributed by atoms with Gasteiger partial charge < -0.3 is 5.73 Å². The lowest BCUT2D eigenvalue weighted by Gasteiger charge is -2.03. The predicted octanol–water partition coefficient (Wildman–Crippen LogP) is 3.64. The summed E-state index contributed by atoms with van der Waals surface area (Å²) in [5.41, 5.74) is 8.60. The van der Waals surface area contributed by atoms with Crippen molar-refractivity contribution >= 4 is 16.5 Å². The van der Waals surface area contributed by atoms with Crippen molar-refractivity contribution in [3.63, 3.8) is 0 Å². The number of nitrogens with two attached hydrogens (primary N) is 1. The van der Waals surface area contributed by atoms with Gasteiger partial charge in [-0.1, -0.05) is 12.1 Å². The maximum atomic E-state index is 13.5. The number of aryl methyl sites for hydroxylation is 1. The van der Waals surface area contributed by atoms with Gasteiger partial charge in [0, 0.05) is 17.2 Å². The number of anilines is 1. The molecule has 1 aliphatic carbocycles. The Morgan fingerprint density at radius 2 is 2.22 bits per heavy atom. The molecule has 0 saturated heterocycles. The molecule has 0 bridgehead atoms. The van der Waals surface area contributed by atoms with Gasteiger partial charge in [0.2, 0.25) is 0 Å². The first kappa shape index (κ1) is 11.7. The molecule has 0 aliphatic heterocycles. The van der Waals surface area contributed by atoms with Gasteiger partial charge in [-0.2, -0.15) is 0 Å². The fraction of sp³-hybridized carbons (Fsp3) is 0.357. The summed E-state index contributed by atoms with van der Waals surface area (Å²) in [7, 11) is 0. The highest BCUT2D eigenvalue weighted by molar-refractivity contribution is 7.15. The average Bonchev–Trinajstić information content (AvgIpc) is 3.09. The molecule has 1 aromatic heterocycles. The van der Waals surface area contributed by atoms with Crippen LogP contribution in [0.15, 0.2) is 18.2 Å². The van der Waals surface area contributed by atoms with E-state index in [4.69, 9.17) is 5.73 Å². The first-order chi connectivity index (χ1) is 8.63. The Morgan fingerprint density at radius 3 is 2.89 bits per heavy atom. The Balaban J connectivity index is 1.89. The maximum absolute atomic E-state index is 13.5. The second-order valence-electron chi connectivity index (χ2n) is 4.90. The fourth-order valence-corrected chi connectivity index (χ4v) is 3.07. The van der Waals surface area contributed by atoms with Gasteiger partial charge in [0.15, 0.2) is 5.13 Å². The summed E-state index contributed by atoms with van der Waals surface area (Å²) < 4.78 is 13.5. The normalized spacial score (nSPS) is 15.0. The van der Waals surface area contributed by atoms with E-state index >= 15 is 0 Å². The van der Waals surface area contributed by atoms with Crippen LogP contribution in [0.4, 0.5) is 9.52 Å². The monoisotopic (exact) mass is 262 g/mol. The van der Waals surface area contributed by atoms with Gasteiger partial charge in [-0.25, -0.2) is 9.37 Å². The highest BCUT2D eigenvalue weighted by Crippen LogP contribution is 2.43. The van der Waals surface area contributed by atoms with Crippen LogP contribution >= 0.6 is 11.3 Å². The second kappa shape index (κ2) is 4.35. The molecule has 0 atom stereocenters. The first-order valence-electron chi connectivity index (χ1n) is 6.13. The van der Waals surface area contributed by atoms with Gasteiger partial charge in [-0.15, -0.1) is 11.3 Å². The van der Waals surface area contributed by atoms with Crippen LogP contribution in [0.2, 0.25) is 0 Å². The van der Waals surface area contributed by atoms with Crippen LogP contribution in [-0.4, -0.2) is 4.98 Å². The number of aromatic nitrogens is 1. The smallest absolute Gasteiger partial charge is 0.180 e. The van der Waals surface area contributed by atoms with E-state index in [9.17, 15) is 4.39 Å². The lowest BCUT2D eigenvalue weighted by Crippen LogP contribution is -1.93. The lowest BCUT2D eigenvalue weighted by atomic mass is 10.1. The zero-order chi connectivity index (χ0) is 12.7. The molecule has 1 heterocycles. The van der Waals surface area contributed by atoms with Crippen molar-refractivity contribution in [3.05, 3.63) is 45.7 Å². The largest absolute Gasteiger partial charge is 0.375 e. The molecule has 2 N–H and O–H groups in total. The molecular formula is C14H15FN2S. The molecule has 1 aliphatic rings. The third-order valence-electron chi connectivity index (χ3n) is 3.31. The Bertz CT molecular complexity index is 587. The molecule has 2 aromatic rings. The van der Waals surface area contributed by atoms with E-state index in [1.54, 1.807) is 13.0 Å². The summed E-state index contributed by atoms with van der Waals surface area (Å²) in [6, 6.07) is 5.42. The standard InChI is InChI=1S/C14H15FN2S/c1-8-2-3-9(6-11(8)15)7-12-13(10-4-5-10)17-14(16)18-12/h2-3,6,10H,4-5,7H2,1H3,(H2,16,17). The van der Waals surface area contributed by atoms with Crippen molar-refractivity contribution < 1.29 is 4.39 Å². The van der Waals surface area contributed by atoms with Gasteiger partial charge in [0.1, 0.15) is 5.82 Å². The summed E-state index contributed by atoms with van der Waals surface area (Å²) in [6.45, 7) is 1.78. The van der Waals surface area contributed by atoms with Crippen molar-refractivity contribution in [2.24, 2.45) is 0 Å². The summed E-state index contributed by atoms with van der Waals surface area (Å²) in [4.78, 5) is 5.60. The van der Waals surface area contributed by atoms with Crippen molar-refractivity contribution in [1.29, 1.82) is 0 Å². The van der Waals surface area contributed by atoms with Crippen LogP contribution in [-0.2, 0) is 6.42 Å². The second-order valence-corrected chi connectivity index (χ2v) is 6.01. The first-order valence-corrected chi connectivity index (χ1v) is 6.95. The minimum atomic E-state index is -0.141. The highest BCUT2D eigenvalue weighted by Gasteiger charge is 2.29. The van der Waals surface area contributed by atoms with E-state index in [0.29, 0.717) is 16.6 Å². The topological polar surface area (TPSA) is 38.9 Å². The zero-order valence-electron chi connectivity index (χ0n) is 10.2. The van der Waals surface area contributed by atoms with Crippen LogP contribution < -0.4 is 5.73 Å². The molecular weight excluding hydrogens is 247 g/mol. The van der Waals surface area contributed by atoms with Crippen LogP contribution in [0.3, 0.4) is 0 Å². The number of nitrogen functional groups attached to an aromatic ring is 1. The Hall–Kier alpha value is -1.42. The molecule has 0 unspecified atom stereocenters. The molecule has 1 aromatic carbocycles. The van der Waals surface area contributed by atoms with Crippen molar-refractivity contribution in [2.45, 2.75) is 32.1 Å². The molecule has 2 nitrogen and oxygen atoms in total. The molecule has 4 heteroatoms.